The zero-order valence-electron chi connectivity index (χ0n) is 21.7. The van der Waals surface area contributed by atoms with E-state index >= 15 is 0 Å². The number of carbonyl (C=O) groups is 1. The molecule has 1 heterocycles. The second-order valence-electron chi connectivity index (χ2n) is 9.30. The standard InChI is InChI=1S/C30H35ClN2O3/c1-6-19(3)36-28-18-26-23(16-27(28)35-5)17-29(34)33(30(26)22-8-12-24(31)13-9-22)25-14-10-21(11-15-25)20(4)32-7-2/h8-16,18-20,30,32H,6-7,17H2,1-5H3. The summed E-state index contributed by atoms with van der Waals surface area (Å²) in [4.78, 5) is 15.5. The van der Waals surface area contributed by atoms with E-state index in [9.17, 15) is 4.79 Å². The van der Waals surface area contributed by atoms with Crippen molar-refractivity contribution in [3.8, 4) is 11.5 Å². The Bertz CT molecular complexity index is 1190. The minimum atomic E-state index is -0.319. The van der Waals surface area contributed by atoms with Crippen molar-refractivity contribution in [2.45, 2.75) is 58.7 Å². The predicted molar refractivity (Wildman–Crippen MR) is 146 cm³/mol. The molecule has 4 rings (SSSR count). The molecule has 0 bridgehead atoms. The second-order valence-corrected chi connectivity index (χ2v) is 9.74. The lowest BCUT2D eigenvalue weighted by Crippen LogP contribution is -2.41. The number of hydrogen-bond acceptors (Lipinski definition) is 4. The first-order chi connectivity index (χ1) is 17.4. The van der Waals surface area contributed by atoms with E-state index < -0.39 is 0 Å². The van der Waals surface area contributed by atoms with Gasteiger partial charge in [0, 0.05) is 16.8 Å². The molecule has 0 aliphatic carbocycles. The summed E-state index contributed by atoms with van der Waals surface area (Å²) in [5.41, 5.74) is 5.00. The van der Waals surface area contributed by atoms with Gasteiger partial charge in [-0.05, 0) is 85.5 Å². The van der Waals surface area contributed by atoms with Gasteiger partial charge in [-0.1, -0.05) is 49.7 Å². The van der Waals surface area contributed by atoms with Gasteiger partial charge in [0.1, 0.15) is 0 Å². The van der Waals surface area contributed by atoms with Crippen LogP contribution in [0, 0.1) is 0 Å². The highest BCUT2D eigenvalue weighted by molar-refractivity contribution is 6.30. The zero-order chi connectivity index (χ0) is 25.8. The van der Waals surface area contributed by atoms with E-state index in [1.54, 1.807) is 7.11 Å². The minimum absolute atomic E-state index is 0.0348. The van der Waals surface area contributed by atoms with Crippen molar-refractivity contribution in [1.82, 2.24) is 5.32 Å². The van der Waals surface area contributed by atoms with Crippen LogP contribution in [0.5, 0.6) is 11.5 Å². The van der Waals surface area contributed by atoms with Gasteiger partial charge in [0.05, 0.1) is 25.7 Å². The number of nitrogens with one attached hydrogen (secondary N) is 1. The van der Waals surface area contributed by atoms with Gasteiger partial charge in [0.25, 0.3) is 0 Å². The van der Waals surface area contributed by atoms with E-state index in [0.29, 0.717) is 16.5 Å². The van der Waals surface area contributed by atoms with E-state index in [0.717, 1.165) is 35.3 Å². The van der Waals surface area contributed by atoms with Crippen molar-refractivity contribution < 1.29 is 14.3 Å². The number of benzene rings is 3. The van der Waals surface area contributed by atoms with Crippen LogP contribution in [-0.2, 0) is 11.2 Å². The summed E-state index contributed by atoms with van der Waals surface area (Å²) in [6.07, 6.45) is 1.21. The van der Waals surface area contributed by atoms with E-state index in [1.165, 1.54) is 5.56 Å². The first kappa shape index (κ1) is 26.1. The Morgan fingerprint density at radius 1 is 1.03 bits per heavy atom. The molecule has 36 heavy (non-hydrogen) atoms. The smallest absolute Gasteiger partial charge is 0.232 e. The number of halogens is 1. The molecule has 0 aromatic heterocycles. The Morgan fingerprint density at radius 2 is 1.72 bits per heavy atom. The lowest BCUT2D eigenvalue weighted by Gasteiger charge is -2.38. The molecule has 1 aliphatic heterocycles. The summed E-state index contributed by atoms with van der Waals surface area (Å²) < 4.78 is 11.9. The summed E-state index contributed by atoms with van der Waals surface area (Å²) >= 11 is 6.22. The number of hydrogen-bond donors (Lipinski definition) is 1. The Morgan fingerprint density at radius 3 is 2.33 bits per heavy atom. The van der Waals surface area contributed by atoms with Crippen molar-refractivity contribution >= 4 is 23.2 Å². The predicted octanol–water partition coefficient (Wildman–Crippen LogP) is 6.88. The van der Waals surface area contributed by atoms with Crippen LogP contribution in [0.3, 0.4) is 0 Å². The molecule has 0 fully saturated rings. The number of ether oxygens (including phenoxy) is 2. The van der Waals surface area contributed by atoms with Crippen LogP contribution in [0.2, 0.25) is 5.02 Å². The van der Waals surface area contributed by atoms with Gasteiger partial charge < -0.3 is 19.7 Å². The van der Waals surface area contributed by atoms with Crippen LogP contribution >= 0.6 is 11.6 Å². The largest absolute Gasteiger partial charge is 0.493 e. The van der Waals surface area contributed by atoms with Gasteiger partial charge in [-0.3, -0.25) is 4.79 Å². The maximum absolute atomic E-state index is 13.7. The van der Waals surface area contributed by atoms with Gasteiger partial charge in [0.15, 0.2) is 11.5 Å². The zero-order valence-corrected chi connectivity index (χ0v) is 22.4. The fourth-order valence-electron chi connectivity index (χ4n) is 4.72. The number of anilines is 1. The Balaban J connectivity index is 1.84. The molecule has 3 aromatic rings. The summed E-state index contributed by atoms with van der Waals surface area (Å²) in [5, 5.41) is 4.10. The molecular weight excluding hydrogens is 472 g/mol. The van der Waals surface area contributed by atoms with Crippen molar-refractivity contribution in [2.75, 3.05) is 18.6 Å². The van der Waals surface area contributed by atoms with Crippen LogP contribution in [0.1, 0.15) is 68.5 Å². The SMILES string of the molecule is CCNC(C)c1ccc(N2C(=O)Cc3cc(OC)c(OC(C)CC)cc3C2c2ccc(Cl)cc2)cc1. The topological polar surface area (TPSA) is 50.8 Å². The average molecular weight is 507 g/mol. The normalized spacial score (nSPS) is 16.9. The number of nitrogens with zero attached hydrogens (tertiary/aromatic N) is 1. The molecule has 1 aliphatic rings. The minimum Gasteiger partial charge on any atom is -0.493 e. The molecule has 1 amide bonds. The summed E-state index contributed by atoms with van der Waals surface area (Å²) in [7, 11) is 1.63. The van der Waals surface area contributed by atoms with Crippen LogP contribution in [-0.4, -0.2) is 25.7 Å². The fourth-order valence-corrected chi connectivity index (χ4v) is 4.85. The highest BCUT2D eigenvalue weighted by Crippen LogP contribution is 2.44. The molecule has 3 unspecified atom stereocenters. The van der Waals surface area contributed by atoms with E-state index in [-0.39, 0.29) is 30.5 Å². The third-order valence-electron chi connectivity index (χ3n) is 6.86. The first-order valence-electron chi connectivity index (χ1n) is 12.6. The van der Waals surface area contributed by atoms with Gasteiger partial charge >= 0.3 is 0 Å². The summed E-state index contributed by atoms with van der Waals surface area (Å²) in [6.45, 7) is 9.27. The van der Waals surface area contributed by atoms with Gasteiger partial charge in [0.2, 0.25) is 5.91 Å². The molecule has 0 radical (unpaired) electrons. The van der Waals surface area contributed by atoms with Crippen molar-refractivity contribution in [1.29, 1.82) is 0 Å². The third kappa shape index (κ3) is 5.37. The number of methoxy groups -OCH3 is 1. The molecular formula is C30H35ClN2O3. The highest BCUT2D eigenvalue weighted by atomic mass is 35.5. The summed E-state index contributed by atoms with van der Waals surface area (Å²) in [5.74, 6) is 1.37. The fraction of sp³-hybridized carbons (Fsp3) is 0.367. The van der Waals surface area contributed by atoms with Crippen LogP contribution < -0.4 is 19.7 Å². The maximum atomic E-state index is 13.7. The second kappa shape index (κ2) is 11.4. The maximum Gasteiger partial charge on any atom is 0.232 e. The Kier molecular flexibility index (Phi) is 8.22. The number of carbonyl (C=O) groups excluding carboxylic acids is 1. The molecule has 1 N–H and O–H groups in total. The number of rotatable bonds is 9. The summed E-state index contributed by atoms with van der Waals surface area (Å²) in [6, 6.07) is 19.9. The monoisotopic (exact) mass is 506 g/mol. The lowest BCUT2D eigenvalue weighted by atomic mass is 9.86. The van der Waals surface area contributed by atoms with Crippen molar-refractivity contribution in [2.24, 2.45) is 0 Å². The van der Waals surface area contributed by atoms with E-state index in [4.69, 9.17) is 21.1 Å². The molecule has 5 nitrogen and oxygen atoms in total. The molecule has 0 saturated carbocycles. The van der Waals surface area contributed by atoms with E-state index in [1.807, 2.05) is 60.4 Å². The number of amides is 1. The van der Waals surface area contributed by atoms with Gasteiger partial charge in [-0.2, -0.15) is 0 Å². The van der Waals surface area contributed by atoms with Gasteiger partial charge in [-0.15, -0.1) is 0 Å². The van der Waals surface area contributed by atoms with E-state index in [2.05, 4.69) is 38.2 Å². The molecule has 3 atom stereocenters. The molecule has 0 saturated heterocycles. The highest BCUT2D eigenvalue weighted by Gasteiger charge is 2.36. The quantitative estimate of drug-likeness (QED) is 0.344. The van der Waals surface area contributed by atoms with Crippen molar-refractivity contribution in [3.63, 3.8) is 0 Å². The Hall–Kier alpha value is -3.02. The Labute approximate surface area is 219 Å². The van der Waals surface area contributed by atoms with Crippen LogP contribution in [0.25, 0.3) is 0 Å². The lowest BCUT2D eigenvalue weighted by molar-refractivity contribution is -0.118. The first-order valence-corrected chi connectivity index (χ1v) is 13.0. The van der Waals surface area contributed by atoms with Crippen LogP contribution in [0.4, 0.5) is 5.69 Å². The molecule has 6 heteroatoms. The van der Waals surface area contributed by atoms with Crippen molar-refractivity contribution in [3.05, 3.63) is 87.9 Å². The number of fused-ring (bicyclic) bond motifs is 1. The molecule has 3 aromatic carbocycles. The molecule has 190 valence electrons. The van der Waals surface area contributed by atoms with Crippen LogP contribution in [0.15, 0.2) is 60.7 Å². The third-order valence-corrected chi connectivity index (χ3v) is 7.11. The van der Waals surface area contributed by atoms with Gasteiger partial charge in [-0.25, -0.2) is 0 Å². The molecule has 0 spiro atoms. The average Bonchev–Trinajstić information content (AvgIpc) is 2.88.